The SMILES string of the molecule is CCCCCC/C=C\C/C=C\CCCCCCCC(=O)OCCCCC/C=C\C=C/CCCCCCCCCCCCC(=O)NC(CO)C(O)CCCCCCCCCCCCCCC. The number of amides is 1. The number of carbonyl (C=O) groups excluding carboxylic acids is 2. The third kappa shape index (κ3) is 51.1. The van der Waals surface area contributed by atoms with Gasteiger partial charge in [0.15, 0.2) is 0 Å². The van der Waals surface area contributed by atoms with Crippen molar-refractivity contribution >= 4 is 11.9 Å². The molecule has 0 aliphatic rings. The maximum atomic E-state index is 12.5. The molecule has 6 nitrogen and oxygen atoms in total. The van der Waals surface area contributed by atoms with Crippen molar-refractivity contribution < 1.29 is 24.5 Å². The molecule has 0 aromatic rings. The van der Waals surface area contributed by atoms with Gasteiger partial charge in [-0.25, -0.2) is 0 Å². The molecule has 2 atom stereocenters. The van der Waals surface area contributed by atoms with E-state index in [4.69, 9.17) is 4.74 Å². The van der Waals surface area contributed by atoms with Crippen LogP contribution in [0.4, 0.5) is 0 Å². The largest absolute Gasteiger partial charge is 0.466 e. The Morgan fingerprint density at radius 3 is 1.28 bits per heavy atom. The van der Waals surface area contributed by atoms with Crippen LogP contribution in [-0.4, -0.2) is 47.4 Å². The predicted molar refractivity (Wildman–Crippen MR) is 282 cm³/mol. The maximum absolute atomic E-state index is 12.5. The highest BCUT2D eigenvalue weighted by Crippen LogP contribution is 2.16. The standard InChI is InChI=1S/C59H109NO5/c1-3-5-7-9-11-13-15-17-18-25-29-33-37-41-45-49-53-59(64)65-54-50-46-42-38-34-30-26-23-21-19-20-22-24-28-32-36-40-44-48-52-58(63)60-56(55-61)57(62)51-47-43-39-35-31-27-16-14-12-10-8-6-4-2/h13,15,18,23,25-26,30,34,56-57,61-62H,3-12,14,16-17,19-22,24,27-29,31-33,35-55H2,1-2H3,(H,60,63)/b15-13-,25-18-,26-23-,34-30-. The summed E-state index contributed by atoms with van der Waals surface area (Å²) in [7, 11) is 0. The second kappa shape index (κ2) is 54.4. The van der Waals surface area contributed by atoms with Crippen molar-refractivity contribution in [1.29, 1.82) is 0 Å². The van der Waals surface area contributed by atoms with Crippen molar-refractivity contribution in [2.45, 2.75) is 302 Å². The number of aliphatic hydroxyl groups excluding tert-OH is 2. The number of aliphatic hydroxyl groups is 2. The molecule has 6 heteroatoms. The van der Waals surface area contributed by atoms with Crippen molar-refractivity contribution in [3.8, 4) is 0 Å². The van der Waals surface area contributed by atoms with Gasteiger partial charge >= 0.3 is 5.97 Å². The molecule has 0 aromatic heterocycles. The van der Waals surface area contributed by atoms with Gasteiger partial charge in [-0.15, -0.1) is 0 Å². The summed E-state index contributed by atoms with van der Waals surface area (Å²) in [6, 6.07) is -0.549. The zero-order chi connectivity index (χ0) is 47.2. The molecule has 1 amide bonds. The van der Waals surface area contributed by atoms with Crippen LogP contribution in [0.5, 0.6) is 0 Å². The van der Waals surface area contributed by atoms with Gasteiger partial charge in [-0.2, -0.15) is 0 Å². The topological polar surface area (TPSA) is 95.9 Å². The summed E-state index contributed by atoms with van der Waals surface area (Å²) in [5.41, 5.74) is 0. The monoisotopic (exact) mass is 912 g/mol. The second-order valence-electron chi connectivity index (χ2n) is 19.3. The number of unbranched alkanes of at least 4 members (excludes halogenated alkanes) is 34. The minimum absolute atomic E-state index is 0.0273. The molecular weight excluding hydrogens is 803 g/mol. The Morgan fingerprint density at radius 1 is 0.446 bits per heavy atom. The first-order chi connectivity index (χ1) is 32.0. The van der Waals surface area contributed by atoms with Crippen LogP contribution in [0.25, 0.3) is 0 Å². The molecule has 0 radical (unpaired) electrons. The van der Waals surface area contributed by atoms with E-state index in [1.54, 1.807) is 0 Å². The van der Waals surface area contributed by atoms with E-state index in [0.717, 1.165) is 77.0 Å². The lowest BCUT2D eigenvalue weighted by Gasteiger charge is -2.22. The molecule has 0 saturated carbocycles. The normalized spacial score (nSPS) is 13.0. The van der Waals surface area contributed by atoms with Gasteiger partial charge in [0.05, 0.1) is 25.4 Å². The van der Waals surface area contributed by atoms with Crippen LogP contribution in [0.2, 0.25) is 0 Å². The van der Waals surface area contributed by atoms with E-state index in [1.165, 1.54) is 180 Å². The van der Waals surface area contributed by atoms with E-state index in [-0.39, 0.29) is 18.5 Å². The molecule has 2 unspecified atom stereocenters. The third-order valence-electron chi connectivity index (χ3n) is 12.9. The Bertz CT molecular complexity index is 1100. The van der Waals surface area contributed by atoms with Crippen LogP contribution in [0.3, 0.4) is 0 Å². The highest BCUT2D eigenvalue weighted by molar-refractivity contribution is 5.76. The number of rotatable bonds is 52. The molecule has 65 heavy (non-hydrogen) atoms. The quantitative estimate of drug-likeness (QED) is 0.0245. The molecule has 0 aliphatic heterocycles. The molecule has 0 heterocycles. The fourth-order valence-corrected chi connectivity index (χ4v) is 8.48. The first-order valence-corrected chi connectivity index (χ1v) is 28.4. The van der Waals surface area contributed by atoms with Gasteiger partial charge in [0.2, 0.25) is 5.91 Å². The van der Waals surface area contributed by atoms with Crippen LogP contribution in [0.15, 0.2) is 48.6 Å². The van der Waals surface area contributed by atoms with Gasteiger partial charge in [-0.3, -0.25) is 9.59 Å². The Kier molecular flexibility index (Phi) is 52.6. The number of esters is 1. The van der Waals surface area contributed by atoms with Crippen LogP contribution in [0.1, 0.15) is 290 Å². The number of ether oxygens (including phenoxy) is 1. The summed E-state index contributed by atoms with van der Waals surface area (Å²) in [5, 5.41) is 23.2. The van der Waals surface area contributed by atoms with Gasteiger partial charge in [0.25, 0.3) is 0 Å². The van der Waals surface area contributed by atoms with E-state index in [0.29, 0.717) is 25.9 Å². The zero-order valence-electron chi connectivity index (χ0n) is 43.2. The number of carbonyl (C=O) groups is 2. The highest BCUT2D eigenvalue weighted by atomic mass is 16.5. The molecule has 3 N–H and O–H groups in total. The van der Waals surface area contributed by atoms with Crippen molar-refractivity contribution in [2.75, 3.05) is 13.2 Å². The van der Waals surface area contributed by atoms with E-state index < -0.39 is 12.1 Å². The summed E-state index contributed by atoms with van der Waals surface area (Å²) in [6.07, 6.45) is 68.1. The zero-order valence-corrected chi connectivity index (χ0v) is 43.2. The minimum Gasteiger partial charge on any atom is -0.466 e. The van der Waals surface area contributed by atoms with Crippen molar-refractivity contribution in [1.82, 2.24) is 5.32 Å². The van der Waals surface area contributed by atoms with Gasteiger partial charge in [0.1, 0.15) is 0 Å². The second-order valence-corrected chi connectivity index (χ2v) is 19.3. The third-order valence-corrected chi connectivity index (χ3v) is 12.9. The van der Waals surface area contributed by atoms with Crippen molar-refractivity contribution in [3.63, 3.8) is 0 Å². The summed E-state index contributed by atoms with van der Waals surface area (Å²) in [4.78, 5) is 24.5. The molecular formula is C59H109NO5. The lowest BCUT2D eigenvalue weighted by atomic mass is 10.0. The summed E-state index contributed by atoms with van der Waals surface area (Å²) < 4.78 is 5.45. The lowest BCUT2D eigenvalue weighted by Crippen LogP contribution is -2.45. The molecule has 0 bridgehead atoms. The fraction of sp³-hybridized carbons (Fsp3) is 0.831. The van der Waals surface area contributed by atoms with E-state index in [1.807, 2.05) is 0 Å². The molecule has 380 valence electrons. The van der Waals surface area contributed by atoms with Crippen LogP contribution in [-0.2, 0) is 14.3 Å². The van der Waals surface area contributed by atoms with Crippen LogP contribution >= 0.6 is 0 Å². The number of nitrogens with one attached hydrogen (secondary N) is 1. The fourth-order valence-electron chi connectivity index (χ4n) is 8.48. The Morgan fingerprint density at radius 2 is 0.815 bits per heavy atom. The van der Waals surface area contributed by atoms with E-state index in [2.05, 4.69) is 67.8 Å². The average Bonchev–Trinajstić information content (AvgIpc) is 3.31. The highest BCUT2D eigenvalue weighted by Gasteiger charge is 2.20. The Hall–Kier alpha value is -2.18. The maximum Gasteiger partial charge on any atom is 0.305 e. The molecule has 0 aliphatic carbocycles. The smallest absolute Gasteiger partial charge is 0.305 e. The van der Waals surface area contributed by atoms with Crippen LogP contribution < -0.4 is 5.32 Å². The van der Waals surface area contributed by atoms with Crippen molar-refractivity contribution in [3.05, 3.63) is 48.6 Å². The Labute approximate surface area is 404 Å². The summed E-state index contributed by atoms with van der Waals surface area (Å²) in [6.45, 7) is 4.88. The van der Waals surface area contributed by atoms with Crippen molar-refractivity contribution in [2.24, 2.45) is 0 Å². The van der Waals surface area contributed by atoms with E-state index >= 15 is 0 Å². The van der Waals surface area contributed by atoms with E-state index in [9.17, 15) is 19.8 Å². The minimum atomic E-state index is -0.671. The predicted octanol–water partition coefficient (Wildman–Crippen LogP) is 17.4. The average molecular weight is 913 g/mol. The first-order valence-electron chi connectivity index (χ1n) is 28.4. The van der Waals surface area contributed by atoms with Gasteiger partial charge in [-0.1, -0.05) is 236 Å². The molecule has 0 rings (SSSR count). The molecule has 0 saturated heterocycles. The van der Waals surface area contributed by atoms with Gasteiger partial charge < -0.3 is 20.3 Å². The molecule has 0 fully saturated rings. The Balaban J connectivity index is 3.49. The summed E-state index contributed by atoms with van der Waals surface area (Å²) >= 11 is 0. The number of hydrogen-bond donors (Lipinski definition) is 3. The number of hydrogen-bond acceptors (Lipinski definition) is 5. The van der Waals surface area contributed by atoms with Crippen LogP contribution in [0, 0.1) is 0 Å². The lowest BCUT2D eigenvalue weighted by molar-refractivity contribution is -0.143. The first kappa shape index (κ1) is 62.8. The molecule has 0 aromatic carbocycles. The number of allylic oxidation sites excluding steroid dienone is 8. The van der Waals surface area contributed by atoms with Gasteiger partial charge in [-0.05, 0) is 89.9 Å². The summed E-state index contributed by atoms with van der Waals surface area (Å²) in [5.74, 6) is -0.0733. The molecule has 0 spiro atoms. The van der Waals surface area contributed by atoms with Gasteiger partial charge in [0, 0.05) is 12.8 Å².